The van der Waals surface area contributed by atoms with E-state index in [1.54, 1.807) is 12.1 Å². The predicted molar refractivity (Wildman–Crippen MR) is 63.3 cm³/mol. The summed E-state index contributed by atoms with van der Waals surface area (Å²) in [4.78, 5) is 5.20. The number of nitrogens with one attached hydrogen (secondary N) is 1. The number of halogens is 2. The van der Waals surface area contributed by atoms with E-state index in [9.17, 15) is 4.39 Å². The summed E-state index contributed by atoms with van der Waals surface area (Å²) in [5.74, 6) is -0.220. The summed E-state index contributed by atoms with van der Waals surface area (Å²) < 4.78 is 13.9. The zero-order valence-corrected chi connectivity index (χ0v) is 10.2. The van der Waals surface area contributed by atoms with Crippen LogP contribution < -0.4 is 0 Å². The van der Waals surface area contributed by atoms with E-state index >= 15 is 0 Å². The van der Waals surface area contributed by atoms with Crippen LogP contribution in [0.1, 0.15) is 5.56 Å². The monoisotopic (exact) mass is 270 g/mol. The van der Waals surface area contributed by atoms with Gasteiger partial charge in [0, 0.05) is 23.6 Å². The third-order valence-electron chi connectivity index (χ3n) is 2.29. The van der Waals surface area contributed by atoms with Crippen LogP contribution in [-0.4, -0.2) is 24.0 Å². The molecule has 0 spiro atoms. The topological polar surface area (TPSA) is 19.0 Å². The van der Waals surface area contributed by atoms with Gasteiger partial charge in [0.1, 0.15) is 5.82 Å². The van der Waals surface area contributed by atoms with Crippen LogP contribution in [0.3, 0.4) is 0 Å². The minimum absolute atomic E-state index is 0.220. The molecule has 80 valence electrons. The highest BCUT2D eigenvalue weighted by molar-refractivity contribution is 9.10. The number of aromatic nitrogens is 1. The van der Waals surface area contributed by atoms with Gasteiger partial charge in [-0.3, -0.25) is 0 Å². The minimum atomic E-state index is -0.220. The molecule has 1 aromatic heterocycles. The third kappa shape index (κ3) is 2.06. The van der Waals surface area contributed by atoms with Crippen molar-refractivity contribution in [2.75, 3.05) is 14.1 Å². The lowest BCUT2D eigenvalue weighted by Gasteiger charge is -2.07. The molecule has 1 heterocycles. The molecule has 0 saturated carbocycles. The SMILES string of the molecule is CN(C)Cc1c[nH]c2cc(Br)c(F)cc12. The molecule has 0 saturated heterocycles. The van der Waals surface area contributed by atoms with Crippen molar-refractivity contribution in [3.8, 4) is 0 Å². The fourth-order valence-corrected chi connectivity index (χ4v) is 1.99. The molecule has 2 aromatic rings. The van der Waals surface area contributed by atoms with Crippen molar-refractivity contribution in [3.05, 3.63) is 34.2 Å². The first-order chi connectivity index (χ1) is 7.08. The van der Waals surface area contributed by atoms with E-state index < -0.39 is 0 Å². The van der Waals surface area contributed by atoms with Crippen LogP contribution in [0.15, 0.2) is 22.8 Å². The first-order valence-corrected chi connectivity index (χ1v) is 5.47. The average Bonchev–Trinajstić information content (AvgIpc) is 2.49. The van der Waals surface area contributed by atoms with Crippen molar-refractivity contribution >= 4 is 26.8 Å². The number of aromatic amines is 1. The molecule has 0 atom stereocenters. The maximum atomic E-state index is 13.4. The van der Waals surface area contributed by atoms with Gasteiger partial charge in [-0.2, -0.15) is 0 Å². The van der Waals surface area contributed by atoms with Crippen LogP contribution in [0.2, 0.25) is 0 Å². The Balaban J connectivity index is 2.54. The zero-order valence-electron chi connectivity index (χ0n) is 8.64. The van der Waals surface area contributed by atoms with E-state index in [1.165, 1.54) is 0 Å². The van der Waals surface area contributed by atoms with Gasteiger partial charge in [0.25, 0.3) is 0 Å². The molecule has 15 heavy (non-hydrogen) atoms. The van der Waals surface area contributed by atoms with Gasteiger partial charge in [0.2, 0.25) is 0 Å². The summed E-state index contributed by atoms with van der Waals surface area (Å²) in [6.45, 7) is 0.807. The van der Waals surface area contributed by atoms with Crippen LogP contribution in [0, 0.1) is 5.82 Å². The molecule has 0 aliphatic heterocycles. The predicted octanol–water partition coefficient (Wildman–Crippen LogP) is 3.13. The van der Waals surface area contributed by atoms with Crippen LogP contribution in [0.5, 0.6) is 0 Å². The Bertz CT molecular complexity index is 491. The fraction of sp³-hybridized carbons (Fsp3) is 0.273. The maximum Gasteiger partial charge on any atom is 0.138 e. The van der Waals surface area contributed by atoms with Crippen molar-refractivity contribution in [2.24, 2.45) is 0 Å². The standard InChI is InChI=1S/C11H12BrFN2/c1-15(2)6-7-5-14-11-4-9(12)10(13)3-8(7)11/h3-5,14H,6H2,1-2H3. The molecule has 2 nitrogen and oxygen atoms in total. The number of hydrogen-bond acceptors (Lipinski definition) is 1. The molecule has 0 bridgehead atoms. The van der Waals surface area contributed by atoms with E-state index in [2.05, 4.69) is 25.8 Å². The molecular formula is C11H12BrFN2. The molecule has 0 radical (unpaired) electrons. The number of H-pyrrole nitrogens is 1. The summed E-state index contributed by atoms with van der Waals surface area (Å²) in [6.07, 6.45) is 1.93. The van der Waals surface area contributed by atoms with E-state index in [0.717, 1.165) is 23.0 Å². The van der Waals surface area contributed by atoms with Gasteiger partial charge in [-0.25, -0.2) is 4.39 Å². The highest BCUT2D eigenvalue weighted by Gasteiger charge is 2.08. The lowest BCUT2D eigenvalue weighted by molar-refractivity contribution is 0.404. The van der Waals surface area contributed by atoms with Gasteiger partial charge < -0.3 is 9.88 Å². The third-order valence-corrected chi connectivity index (χ3v) is 2.90. The van der Waals surface area contributed by atoms with Crippen molar-refractivity contribution in [1.82, 2.24) is 9.88 Å². The second-order valence-electron chi connectivity index (χ2n) is 3.86. The van der Waals surface area contributed by atoms with E-state index in [1.807, 2.05) is 20.3 Å². The largest absolute Gasteiger partial charge is 0.361 e. The smallest absolute Gasteiger partial charge is 0.138 e. The summed E-state index contributed by atoms with van der Waals surface area (Å²) in [5, 5.41) is 0.949. The van der Waals surface area contributed by atoms with Gasteiger partial charge in [-0.05, 0) is 47.7 Å². The van der Waals surface area contributed by atoms with Crippen molar-refractivity contribution in [3.63, 3.8) is 0 Å². The number of fused-ring (bicyclic) bond motifs is 1. The van der Waals surface area contributed by atoms with E-state index in [4.69, 9.17) is 0 Å². The second-order valence-corrected chi connectivity index (χ2v) is 4.72. The minimum Gasteiger partial charge on any atom is -0.361 e. The number of nitrogens with zero attached hydrogens (tertiary/aromatic N) is 1. The lowest BCUT2D eigenvalue weighted by atomic mass is 10.1. The summed E-state index contributed by atoms with van der Waals surface area (Å²) >= 11 is 3.17. The lowest BCUT2D eigenvalue weighted by Crippen LogP contribution is -2.10. The molecule has 4 heteroatoms. The molecule has 0 amide bonds. The number of hydrogen-bond donors (Lipinski definition) is 1. The molecule has 0 unspecified atom stereocenters. The molecule has 0 aliphatic carbocycles. The molecule has 2 rings (SSSR count). The van der Waals surface area contributed by atoms with Crippen molar-refractivity contribution < 1.29 is 4.39 Å². The van der Waals surface area contributed by atoms with Crippen molar-refractivity contribution in [2.45, 2.75) is 6.54 Å². The van der Waals surface area contributed by atoms with Crippen LogP contribution in [-0.2, 0) is 6.54 Å². The zero-order chi connectivity index (χ0) is 11.0. The molecule has 0 aliphatic rings. The Labute approximate surface area is 96.2 Å². The van der Waals surface area contributed by atoms with Gasteiger partial charge in [0.15, 0.2) is 0 Å². The van der Waals surface area contributed by atoms with Gasteiger partial charge in [-0.1, -0.05) is 0 Å². The first kappa shape index (κ1) is 10.6. The van der Waals surface area contributed by atoms with Crippen LogP contribution >= 0.6 is 15.9 Å². The number of rotatable bonds is 2. The highest BCUT2D eigenvalue weighted by Crippen LogP contribution is 2.25. The quantitative estimate of drug-likeness (QED) is 0.889. The summed E-state index contributed by atoms with van der Waals surface area (Å²) in [5.41, 5.74) is 2.07. The Morgan fingerprint density at radius 3 is 2.80 bits per heavy atom. The van der Waals surface area contributed by atoms with Crippen LogP contribution in [0.25, 0.3) is 10.9 Å². The summed E-state index contributed by atoms with van der Waals surface area (Å²) in [6, 6.07) is 3.33. The molecule has 0 fully saturated rings. The van der Waals surface area contributed by atoms with Crippen molar-refractivity contribution in [1.29, 1.82) is 0 Å². The fourth-order valence-electron chi connectivity index (χ4n) is 1.65. The normalized spacial score (nSPS) is 11.5. The molecule has 1 N–H and O–H groups in total. The van der Waals surface area contributed by atoms with Gasteiger partial charge in [0.05, 0.1) is 4.47 Å². The number of benzene rings is 1. The second kappa shape index (κ2) is 3.94. The summed E-state index contributed by atoms with van der Waals surface area (Å²) in [7, 11) is 3.99. The van der Waals surface area contributed by atoms with Crippen LogP contribution in [0.4, 0.5) is 4.39 Å². The first-order valence-electron chi connectivity index (χ1n) is 4.67. The highest BCUT2D eigenvalue weighted by atomic mass is 79.9. The Morgan fingerprint density at radius 1 is 1.40 bits per heavy atom. The maximum absolute atomic E-state index is 13.4. The van der Waals surface area contributed by atoms with Gasteiger partial charge >= 0.3 is 0 Å². The van der Waals surface area contributed by atoms with E-state index in [0.29, 0.717) is 4.47 Å². The van der Waals surface area contributed by atoms with E-state index in [-0.39, 0.29) is 5.82 Å². The Hall–Kier alpha value is -0.870. The molecule has 1 aromatic carbocycles. The molecular weight excluding hydrogens is 259 g/mol. The Kier molecular flexibility index (Phi) is 2.80. The van der Waals surface area contributed by atoms with Gasteiger partial charge in [-0.15, -0.1) is 0 Å². The Morgan fingerprint density at radius 2 is 2.13 bits per heavy atom. The average molecular weight is 271 g/mol.